The number of halogens is 4. The van der Waals surface area contributed by atoms with Crippen molar-refractivity contribution >= 4 is 48.0 Å². The average Bonchev–Trinajstić information content (AvgIpc) is 3.20. The Morgan fingerprint density at radius 1 is 1.00 bits per heavy atom. The van der Waals surface area contributed by atoms with E-state index in [0.29, 0.717) is 17.7 Å². The highest BCUT2D eigenvalue weighted by atomic mass is 32.2. The van der Waals surface area contributed by atoms with Crippen molar-refractivity contribution in [1.82, 2.24) is 0 Å². The molecule has 0 aliphatic heterocycles. The molecule has 11 heteroatoms. The van der Waals surface area contributed by atoms with Crippen LogP contribution in [0.2, 0.25) is 0 Å². The number of fused-ring (bicyclic) bond motifs is 1. The van der Waals surface area contributed by atoms with Gasteiger partial charge in [0.15, 0.2) is 0 Å². The molecule has 0 bridgehead atoms. The van der Waals surface area contributed by atoms with E-state index in [2.05, 4.69) is 0 Å². The molecule has 1 N–H and O–H groups in total. The second kappa shape index (κ2) is 9.41. The average molecular weight is 560 g/mol. The number of benzene rings is 3. The van der Waals surface area contributed by atoms with Crippen LogP contribution in [0.1, 0.15) is 27.0 Å². The zero-order valence-electron chi connectivity index (χ0n) is 19.2. The number of anilines is 1. The highest BCUT2D eigenvalue weighted by Crippen LogP contribution is 2.46. The van der Waals surface area contributed by atoms with Gasteiger partial charge in [-0.3, -0.25) is 4.31 Å². The summed E-state index contributed by atoms with van der Waals surface area (Å²) in [5, 5.41) is 10.2. The zero-order valence-corrected chi connectivity index (χ0v) is 20.9. The van der Waals surface area contributed by atoms with E-state index >= 15 is 0 Å². The van der Waals surface area contributed by atoms with Gasteiger partial charge >= 0.3 is 12.1 Å². The maximum Gasteiger partial charge on any atom is 0.419 e. The molecule has 38 heavy (non-hydrogen) atoms. The molecule has 0 atom stereocenters. The number of hydrogen-bond acceptors (Lipinski definition) is 4. The van der Waals surface area contributed by atoms with Crippen molar-refractivity contribution in [1.29, 1.82) is 0 Å². The Balaban J connectivity index is 1.71. The number of carboxylic acid groups (broad SMARTS) is 1. The molecule has 1 aliphatic rings. The maximum atomic E-state index is 14.0. The third kappa shape index (κ3) is 4.59. The first-order valence-electron chi connectivity index (χ1n) is 11.1. The zero-order chi connectivity index (χ0) is 27.2. The predicted molar refractivity (Wildman–Crippen MR) is 137 cm³/mol. The Morgan fingerprint density at radius 3 is 2.29 bits per heavy atom. The van der Waals surface area contributed by atoms with Crippen LogP contribution in [-0.2, 0) is 22.7 Å². The monoisotopic (exact) mass is 559 g/mol. The van der Waals surface area contributed by atoms with E-state index in [9.17, 15) is 35.9 Å². The Labute approximate surface area is 218 Å². The third-order valence-electron chi connectivity index (χ3n) is 6.00. The molecule has 0 saturated heterocycles. The van der Waals surface area contributed by atoms with Gasteiger partial charge in [0.25, 0.3) is 10.0 Å². The molecule has 194 valence electrons. The molecule has 0 unspecified atom stereocenters. The molecule has 0 fully saturated rings. The maximum absolute atomic E-state index is 14.0. The van der Waals surface area contributed by atoms with Crippen LogP contribution in [0.3, 0.4) is 0 Å². The Bertz CT molecular complexity index is 1740. The summed E-state index contributed by atoms with van der Waals surface area (Å²) >= 11 is 1.15. The van der Waals surface area contributed by atoms with Gasteiger partial charge in [-0.2, -0.15) is 13.2 Å². The van der Waals surface area contributed by atoms with Crippen LogP contribution in [0, 0.1) is 5.82 Å². The van der Waals surface area contributed by atoms with Gasteiger partial charge in [-0.25, -0.2) is 17.6 Å². The van der Waals surface area contributed by atoms with Crippen LogP contribution in [-0.4, -0.2) is 19.5 Å². The molecule has 0 saturated carbocycles. The van der Waals surface area contributed by atoms with Crippen molar-refractivity contribution in [2.24, 2.45) is 0 Å². The fraction of sp³-hybridized carbons (Fsp3) is 0.0741. The van der Waals surface area contributed by atoms with Gasteiger partial charge in [-0.15, -0.1) is 11.3 Å². The van der Waals surface area contributed by atoms with Gasteiger partial charge in [-0.05, 0) is 53.6 Å². The highest BCUT2D eigenvalue weighted by molar-refractivity contribution is 7.93. The van der Waals surface area contributed by atoms with Crippen LogP contribution in [0.15, 0.2) is 89.9 Å². The summed E-state index contributed by atoms with van der Waals surface area (Å²) in [6.07, 6.45) is 0.402. The molecule has 5 rings (SSSR count). The first kappa shape index (κ1) is 25.7. The quantitative estimate of drug-likeness (QED) is 0.245. The largest absolute Gasteiger partial charge is 0.478 e. The Morgan fingerprint density at radius 2 is 1.68 bits per heavy atom. The minimum atomic E-state index is -4.97. The molecule has 0 radical (unpaired) electrons. The summed E-state index contributed by atoms with van der Waals surface area (Å²) in [5.74, 6) is -2.71. The van der Waals surface area contributed by atoms with Gasteiger partial charge in [0.2, 0.25) is 0 Å². The van der Waals surface area contributed by atoms with E-state index in [4.69, 9.17) is 0 Å². The molecule has 0 spiro atoms. The second-order valence-corrected chi connectivity index (χ2v) is 11.3. The smallest absolute Gasteiger partial charge is 0.419 e. The van der Waals surface area contributed by atoms with Crippen molar-refractivity contribution in [2.75, 3.05) is 4.31 Å². The summed E-state index contributed by atoms with van der Waals surface area (Å²) in [6.45, 7) is -0.525. The molecule has 4 aromatic rings. The summed E-state index contributed by atoms with van der Waals surface area (Å²) in [4.78, 5) is 11.0. The Kier molecular flexibility index (Phi) is 6.36. The minimum absolute atomic E-state index is 0.0778. The summed E-state index contributed by atoms with van der Waals surface area (Å²) in [5.41, 5.74) is -0.368. The molecular weight excluding hydrogens is 542 g/mol. The fourth-order valence-electron chi connectivity index (χ4n) is 4.06. The van der Waals surface area contributed by atoms with E-state index in [1.54, 1.807) is 30.4 Å². The molecule has 0 amide bonds. The lowest BCUT2D eigenvalue weighted by atomic mass is 9.98. The van der Waals surface area contributed by atoms with E-state index < -0.39 is 40.1 Å². The van der Waals surface area contributed by atoms with Crippen LogP contribution >= 0.6 is 11.3 Å². The van der Waals surface area contributed by atoms with Crippen LogP contribution < -0.4 is 4.31 Å². The lowest BCUT2D eigenvalue weighted by Crippen LogP contribution is -2.31. The minimum Gasteiger partial charge on any atom is -0.478 e. The number of carboxylic acids is 1. The normalized spacial score (nSPS) is 13.3. The van der Waals surface area contributed by atoms with Crippen molar-refractivity contribution in [2.45, 2.75) is 17.6 Å². The summed E-state index contributed by atoms with van der Waals surface area (Å²) in [6, 6.07) is 14.1. The lowest BCUT2D eigenvalue weighted by molar-refractivity contribution is -0.140. The number of rotatable bonds is 7. The molecule has 5 nitrogen and oxygen atoms in total. The molecular formula is C27H17F4NO4S2. The number of aromatic carboxylic acids is 1. The fourth-order valence-corrected chi connectivity index (χ4v) is 6.96. The van der Waals surface area contributed by atoms with Gasteiger partial charge in [0, 0.05) is 15.6 Å². The number of carbonyl (C=O) groups is 1. The predicted octanol–water partition coefficient (Wildman–Crippen LogP) is 7.11. The van der Waals surface area contributed by atoms with Crippen LogP contribution in [0.5, 0.6) is 0 Å². The van der Waals surface area contributed by atoms with Crippen LogP contribution in [0.25, 0.3) is 15.7 Å². The van der Waals surface area contributed by atoms with E-state index in [1.165, 1.54) is 0 Å². The van der Waals surface area contributed by atoms with Crippen molar-refractivity contribution in [3.05, 3.63) is 113 Å². The molecule has 1 aromatic heterocycles. The SMILES string of the molecule is O=C(O)c1ccc(S(=O)(=O)N(Cc2ccc(F)c(C(F)(F)F)c2)c2sc3ccccc3c2C2=CC=C2)cc1. The van der Waals surface area contributed by atoms with Crippen LogP contribution in [0.4, 0.5) is 22.6 Å². The number of thiophene rings is 1. The van der Waals surface area contributed by atoms with E-state index in [1.807, 2.05) is 12.1 Å². The standard InChI is InChI=1S/C27H17F4NO4S2/c28-22-13-8-16(14-21(22)27(29,30)31)15-32(38(35,36)19-11-9-18(10-12-19)26(33)34)25-24(17-4-3-5-17)20-6-1-2-7-23(20)37-25/h1-14H,15H2,(H,33,34). The summed E-state index contributed by atoms with van der Waals surface area (Å²) < 4.78 is 83.9. The van der Waals surface area contributed by atoms with Crippen molar-refractivity contribution in [3.63, 3.8) is 0 Å². The molecule has 1 heterocycles. The highest BCUT2D eigenvalue weighted by Gasteiger charge is 2.36. The number of sulfonamides is 1. The van der Waals surface area contributed by atoms with Crippen molar-refractivity contribution in [3.8, 4) is 0 Å². The number of hydrogen-bond donors (Lipinski definition) is 1. The van der Waals surface area contributed by atoms with Gasteiger partial charge in [-0.1, -0.05) is 42.5 Å². The van der Waals surface area contributed by atoms with Crippen molar-refractivity contribution < 1.29 is 35.9 Å². The lowest BCUT2D eigenvalue weighted by Gasteiger charge is -2.26. The number of alkyl halides is 3. The van der Waals surface area contributed by atoms with Gasteiger partial charge in [0.05, 0.1) is 22.6 Å². The van der Waals surface area contributed by atoms with E-state index in [0.717, 1.165) is 61.6 Å². The number of nitrogens with zero attached hydrogens (tertiary/aromatic N) is 1. The topological polar surface area (TPSA) is 74.7 Å². The first-order chi connectivity index (χ1) is 18.0. The van der Waals surface area contributed by atoms with E-state index in [-0.39, 0.29) is 21.0 Å². The second-order valence-electron chi connectivity index (χ2n) is 8.41. The Hall–Kier alpha value is -3.96. The third-order valence-corrected chi connectivity index (χ3v) is 9.06. The van der Waals surface area contributed by atoms with Gasteiger partial charge < -0.3 is 5.11 Å². The number of allylic oxidation sites excluding steroid dienone is 4. The molecule has 3 aromatic carbocycles. The molecule has 1 aliphatic carbocycles. The first-order valence-corrected chi connectivity index (χ1v) is 13.3. The summed E-state index contributed by atoms with van der Waals surface area (Å²) in [7, 11) is -4.42. The van der Waals surface area contributed by atoms with Gasteiger partial charge in [0.1, 0.15) is 10.8 Å².